The molecule has 1 aromatic heterocycles. The maximum atomic E-state index is 10.3. The molecule has 6 heteroatoms. The Morgan fingerprint density at radius 3 is 2.48 bits per heavy atom. The van der Waals surface area contributed by atoms with Gasteiger partial charge >= 0.3 is 0 Å². The second-order valence-electron chi connectivity index (χ2n) is 6.25. The van der Waals surface area contributed by atoms with Crippen LogP contribution in [0.25, 0.3) is 22.4 Å². The van der Waals surface area contributed by atoms with Crippen molar-refractivity contribution in [2.75, 3.05) is 18.5 Å². The van der Waals surface area contributed by atoms with Gasteiger partial charge in [0.15, 0.2) is 0 Å². The van der Waals surface area contributed by atoms with E-state index in [0.717, 1.165) is 11.1 Å². The Hall–Kier alpha value is -2.27. The molecule has 3 rings (SSSR count). The van der Waals surface area contributed by atoms with Crippen LogP contribution in [0.15, 0.2) is 48.5 Å². The summed E-state index contributed by atoms with van der Waals surface area (Å²) in [5.74, 6) is 0.768. The highest BCUT2D eigenvalue weighted by Gasteiger charge is 2.14. The number of benzene rings is 2. The number of hydrogen-bond donors (Lipinski definition) is 3. The van der Waals surface area contributed by atoms with Gasteiger partial charge in [-0.15, -0.1) is 0 Å². The van der Waals surface area contributed by atoms with E-state index in [1.54, 1.807) is 24.3 Å². The van der Waals surface area contributed by atoms with E-state index in [2.05, 4.69) is 10.3 Å². The van der Waals surface area contributed by atoms with Gasteiger partial charge < -0.3 is 15.5 Å². The minimum Gasteiger partial charge on any atom is -0.507 e. The molecule has 0 bridgehead atoms. The number of hydrogen-bond acceptors (Lipinski definition) is 4. The number of aromatic hydroxyl groups is 1. The molecular weight excluding hydrogens is 383 g/mol. The highest BCUT2D eigenvalue weighted by atomic mass is 35.5. The zero-order valence-corrected chi connectivity index (χ0v) is 16.3. The Bertz CT molecular complexity index is 941. The lowest BCUT2D eigenvalue weighted by atomic mass is 10.0. The predicted octanol–water partition coefficient (Wildman–Crippen LogP) is 5.53. The van der Waals surface area contributed by atoms with Crippen LogP contribution in [0.5, 0.6) is 5.75 Å². The molecule has 0 spiro atoms. The summed E-state index contributed by atoms with van der Waals surface area (Å²) in [6.45, 7) is 2.62. The van der Waals surface area contributed by atoms with E-state index >= 15 is 0 Å². The van der Waals surface area contributed by atoms with Crippen molar-refractivity contribution in [3.8, 4) is 28.1 Å². The van der Waals surface area contributed by atoms with Gasteiger partial charge in [0, 0.05) is 34.3 Å². The van der Waals surface area contributed by atoms with Gasteiger partial charge in [0.05, 0.1) is 5.69 Å². The molecule has 3 N–H and O–H groups in total. The average molecular weight is 403 g/mol. The van der Waals surface area contributed by atoms with E-state index in [1.807, 2.05) is 31.2 Å². The van der Waals surface area contributed by atoms with E-state index in [4.69, 9.17) is 28.3 Å². The number of aryl methyl sites for hydroxylation is 1. The normalized spacial score (nSPS) is 10.8. The summed E-state index contributed by atoms with van der Waals surface area (Å²) in [6.07, 6.45) is 0.601. The second kappa shape index (κ2) is 8.61. The number of aliphatic hydroxyl groups is 1. The third-order valence-electron chi connectivity index (χ3n) is 4.15. The molecule has 0 unspecified atom stereocenters. The minimum absolute atomic E-state index is 0.0918. The maximum Gasteiger partial charge on any atom is 0.127 e. The molecule has 0 atom stereocenters. The first-order valence-electron chi connectivity index (χ1n) is 8.61. The number of pyridine rings is 1. The van der Waals surface area contributed by atoms with Crippen molar-refractivity contribution in [3.05, 3.63) is 64.1 Å². The van der Waals surface area contributed by atoms with Gasteiger partial charge in [-0.05, 0) is 55.3 Å². The van der Waals surface area contributed by atoms with Gasteiger partial charge in [0.2, 0.25) is 0 Å². The van der Waals surface area contributed by atoms with Crippen LogP contribution >= 0.6 is 23.2 Å². The van der Waals surface area contributed by atoms with Crippen LogP contribution in [0.2, 0.25) is 10.0 Å². The van der Waals surface area contributed by atoms with Crippen molar-refractivity contribution in [2.24, 2.45) is 0 Å². The smallest absolute Gasteiger partial charge is 0.127 e. The number of phenols is 1. The number of phenolic OH excluding ortho intramolecular Hbond substituents is 1. The molecule has 27 heavy (non-hydrogen) atoms. The first kappa shape index (κ1) is 19.5. The van der Waals surface area contributed by atoms with E-state index in [-0.39, 0.29) is 12.4 Å². The molecular formula is C21H20Cl2N2O2. The fourth-order valence-corrected chi connectivity index (χ4v) is 3.44. The van der Waals surface area contributed by atoms with Crippen LogP contribution in [0.4, 0.5) is 5.82 Å². The number of halogens is 2. The fourth-order valence-electron chi connectivity index (χ4n) is 2.83. The quantitative estimate of drug-likeness (QED) is 0.474. The minimum atomic E-state index is 0.0918. The molecule has 0 aliphatic carbocycles. The largest absolute Gasteiger partial charge is 0.507 e. The number of nitrogens with one attached hydrogen (secondary N) is 1. The summed E-state index contributed by atoms with van der Waals surface area (Å²) in [7, 11) is 0. The van der Waals surface area contributed by atoms with Crippen molar-refractivity contribution in [1.82, 2.24) is 4.98 Å². The zero-order valence-electron chi connectivity index (χ0n) is 14.8. The maximum absolute atomic E-state index is 10.3. The first-order chi connectivity index (χ1) is 13.0. The molecule has 0 aliphatic heterocycles. The van der Waals surface area contributed by atoms with Crippen molar-refractivity contribution >= 4 is 29.0 Å². The van der Waals surface area contributed by atoms with Crippen molar-refractivity contribution in [1.29, 1.82) is 0 Å². The van der Waals surface area contributed by atoms with Crippen LogP contribution in [0, 0.1) is 6.92 Å². The SMILES string of the molecule is Cc1ccc(O)c(-c2cc(-c3c(Cl)cccc3Cl)cc(NCCCO)n2)c1. The molecule has 0 radical (unpaired) electrons. The standard InChI is InChI=1S/C21H20Cl2N2O2/c1-13-6-7-19(27)15(10-13)18-11-14(12-20(25-18)24-8-3-9-26)21-16(22)4-2-5-17(21)23/h2,4-7,10-12,26-27H,3,8-9H2,1H3,(H,24,25). The molecule has 1 heterocycles. The zero-order chi connectivity index (χ0) is 19.4. The van der Waals surface area contributed by atoms with Gasteiger partial charge in [0.1, 0.15) is 11.6 Å². The molecule has 0 saturated carbocycles. The number of aromatic nitrogens is 1. The summed E-state index contributed by atoms with van der Waals surface area (Å²) in [5.41, 5.74) is 3.76. The van der Waals surface area contributed by atoms with Crippen LogP contribution in [0.1, 0.15) is 12.0 Å². The number of nitrogens with zero attached hydrogens (tertiary/aromatic N) is 1. The Kier molecular flexibility index (Phi) is 6.22. The van der Waals surface area contributed by atoms with E-state index in [1.165, 1.54) is 0 Å². The molecule has 0 amide bonds. The fraction of sp³-hybridized carbons (Fsp3) is 0.190. The summed E-state index contributed by atoms with van der Waals surface area (Å²) in [5, 5.41) is 23.6. The third kappa shape index (κ3) is 4.53. The van der Waals surface area contributed by atoms with Gasteiger partial charge in [-0.3, -0.25) is 0 Å². The Morgan fingerprint density at radius 2 is 1.78 bits per heavy atom. The number of rotatable bonds is 6. The van der Waals surface area contributed by atoms with Crippen molar-refractivity contribution in [3.63, 3.8) is 0 Å². The molecule has 0 aliphatic rings. The first-order valence-corrected chi connectivity index (χ1v) is 9.36. The lowest BCUT2D eigenvalue weighted by Gasteiger charge is -2.14. The van der Waals surface area contributed by atoms with E-state index < -0.39 is 0 Å². The van der Waals surface area contributed by atoms with Crippen molar-refractivity contribution in [2.45, 2.75) is 13.3 Å². The summed E-state index contributed by atoms with van der Waals surface area (Å²) in [4.78, 5) is 4.62. The monoisotopic (exact) mass is 402 g/mol. The molecule has 2 aromatic carbocycles. The van der Waals surface area contributed by atoms with Crippen LogP contribution in [0.3, 0.4) is 0 Å². The number of anilines is 1. The van der Waals surface area contributed by atoms with Crippen LogP contribution in [-0.2, 0) is 0 Å². The summed E-state index contributed by atoms with van der Waals surface area (Å²) >= 11 is 12.8. The second-order valence-corrected chi connectivity index (χ2v) is 7.06. The van der Waals surface area contributed by atoms with Crippen LogP contribution in [-0.4, -0.2) is 28.3 Å². The summed E-state index contributed by atoms with van der Waals surface area (Å²) < 4.78 is 0. The van der Waals surface area contributed by atoms with E-state index in [0.29, 0.717) is 45.6 Å². The average Bonchev–Trinajstić information content (AvgIpc) is 2.64. The highest BCUT2D eigenvalue weighted by molar-refractivity contribution is 6.39. The predicted molar refractivity (Wildman–Crippen MR) is 112 cm³/mol. The lowest BCUT2D eigenvalue weighted by Crippen LogP contribution is -2.06. The number of aliphatic hydroxyl groups excluding tert-OH is 1. The molecule has 140 valence electrons. The van der Waals surface area contributed by atoms with E-state index in [9.17, 15) is 5.11 Å². The molecule has 0 saturated heterocycles. The lowest BCUT2D eigenvalue weighted by molar-refractivity contribution is 0.292. The Balaban J connectivity index is 2.16. The third-order valence-corrected chi connectivity index (χ3v) is 4.78. The highest BCUT2D eigenvalue weighted by Crippen LogP contribution is 2.38. The van der Waals surface area contributed by atoms with Crippen LogP contribution < -0.4 is 5.32 Å². The Labute approximate surface area is 168 Å². The van der Waals surface area contributed by atoms with Gasteiger partial charge in [-0.1, -0.05) is 40.9 Å². The topological polar surface area (TPSA) is 65.4 Å². The molecule has 4 nitrogen and oxygen atoms in total. The van der Waals surface area contributed by atoms with Gasteiger partial charge in [0.25, 0.3) is 0 Å². The Morgan fingerprint density at radius 1 is 1.04 bits per heavy atom. The molecule has 0 fully saturated rings. The summed E-state index contributed by atoms with van der Waals surface area (Å²) in [6, 6.07) is 14.5. The van der Waals surface area contributed by atoms with Gasteiger partial charge in [-0.25, -0.2) is 4.98 Å². The molecule has 3 aromatic rings. The van der Waals surface area contributed by atoms with Gasteiger partial charge in [-0.2, -0.15) is 0 Å². The van der Waals surface area contributed by atoms with Crippen molar-refractivity contribution < 1.29 is 10.2 Å².